The Kier molecular flexibility index (Phi) is 7.89. The van der Waals surface area contributed by atoms with Crippen LogP contribution in [0.2, 0.25) is 0 Å². The van der Waals surface area contributed by atoms with E-state index in [0.717, 1.165) is 6.42 Å². The maximum atomic E-state index is 12.9. The predicted octanol–water partition coefficient (Wildman–Crippen LogP) is 5.14. The lowest BCUT2D eigenvalue weighted by atomic mass is 9.87. The summed E-state index contributed by atoms with van der Waals surface area (Å²) in [5, 5.41) is 13.4. The number of aromatic amines is 1. The average Bonchev–Trinajstić information content (AvgIpc) is 3.59. The SMILES string of the molecule is CC(C)(C)c1ccccc1.O=C(NC1CCCC1O)c1[nH]c2ncc(N=S(=O)=O)cc2c1-c1ccoc1. The van der Waals surface area contributed by atoms with Crippen molar-refractivity contribution in [1.29, 1.82) is 0 Å². The quantitative estimate of drug-likeness (QED) is 0.339. The molecule has 0 radical (unpaired) electrons. The minimum atomic E-state index is -2.61. The lowest BCUT2D eigenvalue weighted by Gasteiger charge is -2.18. The average molecular weight is 523 g/mol. The van der Waals surface area contributed by atoms with E-state index in [2.05, 4.69) is 70.8 Å². The maximum absolute atomic E-state index is 12.9. The highest BCUT2D eigenvalue weighted by Gasteiger charge is 2.29. The van der Waals surface area contributed by atoms with Gasteiger partial charge in [-0.15, -0.1) is 4.36 Å². The second kappa shape index (κ2) is 11.1. The smallest absolute Gasteiger partial charge is 0.316 e. The molecule has 3 heterocycles. The summed E-state index contributed by atoms with van der Waals surface area (Å²) < 4.78 is 30.3. The van der Waals surface area contributed by atoms with Crippen LogP contribution < -0.4 is 5.32 Å². The number of fused-ring (bicyclic) bond motifs is 1. The second-order valence-corrected chi connectivity index (χ2v) is 10.6. The molecule has 0 bridgehead atoms. The first kappa shape index (κ1) is 26.3. The molecule has 4 aromatic rings. The van der Waals surface area contributed by atoms with Crippen molar-refractivity contribution in [2.24, 2.45) is 4.36 Å². The molecule has 1 aliphatic rings. The van der Waals surface area contributed by atoms with E-state index in [-0.39, 0.29) is 23.3 Å². The zero-order valence-electron chi connectivity index (χ0n) is 20.9. The van der Waals surface area contributed by atoms with E-state index in [1.165, 1.54) is 30.4 Å². The Balaban J connectivity index is 0.000000270. The van der Waals surface area contributed by atoms with E-state index in [0.29, 0.717) is 40.4 Å². The van der Waals surface area contributed by atoms with Gasteiger partial charge in [0.2, 0.25) is 0 Å². The number of hydrogen-bond acceptors (Lipinski definition) is 7. The maximum Gasteiger partial charge on any atom is 0.316 e. The van der Waals surface area contributed by atoms with Crippen LogP contribution in [0.3, 0.4) is 0 Å². The van der Waals surface area contributed by atoms with Gasteiger partial charge in [0, 0.05) is 16.5 Å². The number of amides is 1. The van der Waals surface area contributed by atoms with Crippen molar-refractivity contribution in [3.63, 3.8) is 0 Å². The van der Waals surface area contributed by atoms with Crippen molar-refractivity contribution < 1.29 is 22.7 Å². The highest BCUT2D eigenvalue weighted by molar-refractivity contribution is 7.61. The van der Waals surface area contributed by atoms with Gasteiger partial charge in [-0.1, -0.05) is 51.1 Å². The zero-order valence-corrected chi connectivity index (χ0v) is 21.7. The van der Waals surface area contributed by atoms with Crippen molar-refractivity contribution in [1.82, 2.24) is 15.3 Å². The molecule has 1 aromatic carbocycles. The molecular formula is C27H30N4O5S. The summed E-state index contributed by atoms with van der Waals surface area (Å²) in [5.41, 5.74) is 3.69. The molecule has 1 amide bonds. The Bertz CT molecular complexity index is 1500. The molecule has 37 heavy (non-hydrogen) atoms. The molecule has 0 spiro atoms. The van der Waals surface area contributed by atoms with Crippen LogP contribution in [0, 0.1) is 0 Å². The highest BCUT2D eigenvalue weighted by atomic mass is 32.2. The van der Waals surface area contributed by atoms with E-state index in [4.69, 9.17) is 4.42 Å². The number of carbonyl (C=O) groups is 1. The first-order valence-electron chi connectivity index (χ1n) is 12.0. The van der Waals surface area contributed by atoms with Gasteiger partial charge in [0.05, 0.1) is 30.9 Å². The number of benzene rings is 1. The van der Waals surface area contributed by atoms with Gasteiger partial charge < -0.3 is 19.8 Å². The number of nitrogens with one attached hydrogen (secondary N) is 2. The van der Waals surface area contributed by atoms with Gasteiger partial charge in [0.1, 0.15) is 17.0 Å². The van der Waals surface area contributed by atoms with Crippen LogP contribution in [-0.4, -0.2) is 41.5 Å². The Morgan fingerprint density at radius 3 is 2.51 bits per heavy atom. The lowest BCUT2D eigenvalue weighted by molar-refractivity contribution is 0.0870. The van der Waals surface area contributed by atoms with Crippen molar-refractivity contribution in [2.75, 3.05) is 0 Å². The lowest BCUT2D eigenvalue weighted by Crippen LogP contribution is -2.40. The number of rotatable bonds is 4. The first-order chi connectivity index (χ1) is 17.6. The highest BCUT2D eigenvalue weighted by Crippen LogP contribution is 2.34. The van der Waals surface area contributed by atoms with Crippen LogP contribution in [0.1, 0.15) is 56.1 Å². The number of pyridine rings is 1. The third-order valence-electron chi connectivity index (χ3n) is 6.29. The van der Waals surface area contributed by atoms with E-state index in [1.54, 1.807) is 6.07 Å². The summed E-state index contributed by atoms with van der Waals surface area (Å²) in [5.74, 6) is -0.374. The Morgan fingerprint density at radius 1 is 1.19 bits per heavy atom. The molecule has 1 saturated carbocycles. The normalized spacial score (nSPS) is 17.2. The fraction of sp³-hybridized carbons (Fsp3) is 0.333. The van der Waals surface area contributed by atoms with E-state index >= 15 is 0 Å². The van der Waals surface area contributed by atoms with Crippen LogP contribution in [-0.2, 0) is 15.9 Å². The van der Waals surface area contributed by atoms with Gasteiger partial charge in [-0.3, -0.25) is 4.79 Å². The number of aliphatic hydroxyl groups excluding tert-OH is 1. The van der Waals surface area contributed by atoms with Gasteiger partial charge >= 0.3 is 10.5 Å². The third kappa shape index (κ3) is 6.33. The number of furan rings is 1. The van der Waals surface area contributed by atoms with Crippen molar-refractivity contribution in [3.05, 3.63) is 72.4 Å². The molecule has 0 saturated heterocycles. The standard InChI is InChI=1S/C17H16N4O5S.C10H14/c22-13-3-1-2-12(13)19-17(23)15-14(9-4-5-26-8-9)11-6-10(21-27(24)25)7-18-16(11)20-15;1-10(2,3)9-7-5-4-6-8-9/h4-8,12-13,22H,1-3H2,(H,18,20)(H,19,23);4-8H,1-3H3. The van der Waals surface area contributed by atoms with Gasteiger partial charge in [-0.05, 0) is 42.4 Å². The van der Waals surface area contributed by atoms with Gasteiger partial charge in [-0.25, -0.2) is 4.98 Å². The zero-order chi connectivity index (χ0) is 26.6. The van der Waals surface area contributed by atoms with Crippen LogP contribution in [0.5, 0.6) is 0 Å². The molecule has 1 aliphatic carbocycles. The van der Waals surface area contributed by atoms with Crippen molar-refractivity contribution >= 4 is 33.1 Å². The van der Waals surface area contributed by atoms with Crippen molar-refractivity contribution in [3.8, 4) is 11.1 Å². The molecule has 0 aliphatic heterocycles. The molecular weight excluding hydrogens is 492 g/mol. The molecule has 3 aromatic heterocycles. The van der Waals surface area contributed by atoms with Crippen LogP contribution in [0.15, 0.2) is 70.0 Å². The molecule has 10 heteroatoms. The van der Waals surface area contributed by atoms with Crippen LogP contribution in [0.4, 0.5) is 5.69 Å². The predicted molar refractivity (Wildman–Crippen MR) is 141 cm³/mol. The summed E-state index contributed by atoms with van der Waals surface area (Å²) >= 11 is 0. The Morgan fingerprint density at radius 2 is 1.95 bits per heavy atom. The summed E-state index contributed by atoms with van der Waals surface area (Å²) in [6.07, 6.45) is 5.92. The van der Waals surface area contributed by atoms with E-state index in [9.17, 15) is 18.3 Å². The summed E-state index contributed by atoms with van der Waals surface area (Å²) in [6, 6.07) is 13.5. The number of aromatic nitrogens is 2. The topological polar surface area (TPSA) is 138 Å². The number of hydrogen-bond donors (Lipinski definition) is 3. The molecule has 5 rings (SSSR count). The number of H-pyrrole nitrogens is 1. The van der Waals surface area contributed by atoms with Gasteiger partial charge in [-0.2, -0.15) is 8.42 Å². The van der Waals surface area contributed by atoms with E-state index < -0.39 is 16.6 Å². The molecule has 2 unspecified atom stereocenters. The summed E-state index contributed by atoms with van der Waals surface area (Å²) in [4.78, 5) is 20.0. The summed E-state index contributed by atoms with van der Waals surface area (Å²) in [6.45, 7) is 6.67. The fourth-order valence-electron chi connectivity index (χ4n) is 4.36. The van der Waals surface area contributed by atoms with Gasteiger partial charge in [0.15, 0.2) is 0 Å². The van der Waals surface area contributed by atoms with Crippen molar-refractivity contribution in [2.45, 2.75) is 57.6 Å². The molecule has 9 nitrogen and oxygen atoms in total. The Labute approximate surface area is 216 Å². The fourth-order valence-corrected chi connectivity index (χ4v) is 4.63. The molecule has 194 valence electrons. The molecule has 2 atom stereocenters. The van der Waals surface area contributed by atoms with E-state index in [1.807, 2.05) is 0 Å². The van der Waals surface area contributed by atoms with Gasteiger partial charge in [0.25, 0.3) is 5.91 Å². The largest absolute Gasteiger partial charge is 0.472 e. The number of aliphatic hydroxyl groups is 1. The third-order valence-corrected chi connectivity index (χ3v) is 6.65. The minimum absolute atomic E-state index is 0.151. The summed E-state index contributed by atoms with van der Waals surface area (Å²) in [7, 11) is -2.61. The molecule has 3 N–H and O–H groups in total. The minimum Gasteiger partial charge on any atom is -0.472 e. The number of carbonyl (C=O) groups excluding carboxylic acids is 1. The van der Waals surface area contributed by atoms with Crippen LogP contribution in [0.25, 0.3) is 22.2 Å². The van der Waals surface area contributed by atoms with Crippen LogP contribution >= 0.6 is 0 Å². The second-order valence-electron chi connectivity index (χ2n) is 9.98. The monoisotopic (exact) mass is 522 g/mol. The molecule has 1 fully saturated rings. The number of nitrogens with zero attached hydrogens (tertiary/aromatic N) is 2. The first-order valence-corrected chi connectivity index (χ1v) is 13.1. The Hall–Kier alpha value is -3.76.